The molecule has 0 saturated heterocycles. The van der Waals surface area contributed by atoms with Crippen LogP contribution in [0.3, 0.4) is 0 Å². The van der Waals surface area contributed by atoms with Crippen LogP contribution in [0.4, 0.5) is 22.0 Å². The summed E-state index contributed by atoms with van der Waals surface area (Å²) in [5.74, 6) is -15.1. The molecule has 220 valence electrons. The summed E-state index contributed by atoms with van der Waals surface area (Å²) in [6.45, 7) is 0. The second-order valence-electron chi connectivity index (χ2n) is 8.71. The maximum Gasteiger partial charge on any atom is 0.349 e. The number of carbonyl (C=O) groups is 2. The van der Waals surface area contributed by atoms with Crippen LogP contribution in [0.2, 0.25) is 0 Å². The first-order chi connectivity index (χ1) is 20.2. The van der Waals surface area contributed by atoms with Crippen LogP contribution in [0.15, 0.2) is 65.6 Å². The van der Waals surface area contributed by atoms with E-state index < -0.39 is 56.7 Å². The average molecular weight is 840 g/mol. The highest BCUT2D eigenvalue weighted by Crippen LogP contribution is 2.40. The lowest BCUT2D eigenvalue weighted by molar-refractivity contribution is 0.0722. The van der Waals surface area contributed by atoms with Crippen LogP contribution in [0, 0.1) is 36.2 Å². The van der Waals surface area contributed by atoms with Gasteiger partial charge in [-0.1, -0.05) is 48.5 Å². The molecule has 7 nitrogen and oxygen atoms in total. The van der Waals surface area contributed by atoms with E-state index in [0.29, 0.717) is 0 Å². The quantitative estimate of drug-likeness (QED) is 0.0285. The highest BCUT2D eigenvalue weighted by Gasteiger charge is 2.32. The molecule has 0 unspecified atom stereocenters. The third-order valence-corrected chi connectivity index (χ3v) is 9.52. The van der Waals surface area contributed by atoms with Crippen molar-refractivity contribution in [1.29, 1.82) is 0 Å². The van der Waals surface area contributed by atoms with Crippen molar-refractivity contribution in [1.82, 2.24) is 0 Å². The van der Waals surface area contributed by atoms with Crippen LogP contribution in [-0.4, -0.2) is 24.9 Å². The minimum absolute atomic E-state index is 0.0499. The monoisotopic (exact) mass is 840 g/mol. The normalized spacial score (nSPS) is 11.6. The fraction of sp³-hybridized carbons (Fsp3) is 0. The molecular weight excluding hydrogens is 829 g/mol. The molecule has 0 bridgehead atoms. The number of halogens is 7. The number of carbonyl (C=O) groups excluding carboxylic acids is 2. The fourth-order valence-electron chi connectivity index (χ4n) is 4.35. The van der Waals surface area contributed by atoms with Gasteiger partial charge in [-0.2, -0.15) is 8.42 Å². The van der Waals surface area contributed by atoms with Crippen LogP contribution >= 0.6 is 45.2 Å². The summed E-state index contributed by atoms with van der Waals surface area (Å²) < 4.78 is 114. The van der Waals surface area contributed by atoms with Crippen LogP contribution in [0.5, 0.6) is 11.5 Å². The van der Waals surface area contributed by atoms with E-state index in [0.717, 1.165) is 0 Å². The molecule has 0 aliphatic rings. The molecule has 0 aliphatic heterocycles. The molecular formula is C28H11F5I2O7S. The Hall–Kier alpha value is -3.42. The number of benzene rings is 5. The maximum atomic E-state index is 14.4. The van der Waals surface area contributed by atoms with E-state index in [1.165, 1.54) is 60.7 Å². The van der Waals surface area contributed by atoms with E-state index in [-0.39, 0.29) is 50.6 Å². The van der Waals surface area contributed by atoms with Gasteiger partial charge in [0.1, 0.15) is 22.0 Å². The molecule has 0 saturated carbocycles. The van der Waals surface area contributed by atoms with E-state index in [1.807, 2.05) is 0 Å². The molecule has 0 aromatic heterocycles. The summed E-state index contributed by atoms with van der Waals surface area (Å²) in [7, 11) is -4.57. The Labute approximate surface area is 265 Å². The number of ether oxygens (including phenoxy) is 2. The molecule has 5 aromatic rings. The second kappa shape index (κ2) is 11.6. The SMILES string of the molecule is O=C(Oc1c2ccccc2c(C(=O)Oc2cc(I)c(S(=O)(=O)O)c(I)c2)c2ccccc12)c1c(F)c(F)c(F)c(F)c1F. The predicted octanol–water partition coefficient (Wildman–Crippen LogP) is 7.58. The number of esters is 2. The Kier molecular flexibility index (Phi) is 8.36. The lowest BCUT2D eigenvalue weighted by Gasteiger charge is -2.17. The summed E-state index contributed by atoms with van der Waals surface area (Å²) in [6, 6.07) is 14.1. The van der Waals surface area contributed by atoms with Gasteiger partial charge in [-0.05, 0) is 57.3 Å². The zero-order valence-corrected chi connectivity index (χ0v) is 25.9. The van der Waals surface area contributed by atoms with Gasteiger partial charge in [0.15, 0.2) is 23.3 Å². The van der Waals surface area contributed by atoms with Gasteiger partial charge in [0.2, 0.25) is 5.82 Å². The second-order valence-corrected chi connectivity index (χ2v) is 12.4. The number of fused-ring (bicyclic) bond motifs is 2. The van der Waals surface area contributed by atoms with Gasteiger partial charge in [0.05, 0.1) is 5.56 Å². The predicted molar refractivity (Wildman–Crippen MR) is 159 cm³/mol. The Morgan fingerprint density at radius 3 is 1.47 bits per heavy atom. The van der Waals surface area contributed by atoms with Crippen molar-refractivity contribution in [2.24, 2.45) is 0 Å². The van der Waals surface area contributed by atoms with Gasteiger partial charge in [-0.25, -0.2) is 31.5 Å². The highest BCUT2D eigenvalue weighted by atomic mass is 127. The zero-order chi connectivity index (χ0) is 31.4. The van der Waals surface area contributed by atoms with Gasteiger partial charge in [-0.3, -0.25) is 4.55 Å². The first kappa shape index (κ1) is 31.0. The molecule has 0 fully saturated rings. The van der Waals surface area contributed by atoms with Crippen LogP contribution < -0.4 is 9.47 Å². The standard InChI is InChI=1S/C28H11F5I2O7S/c29-20-19(21(30)23(32)24(33)22(20)31)28(37)42-25-14-7-3-1-5-12(14)18(13-6-2-4-8-15(13)25)27(36)41-11-9-16(34)26(17(35)10-11)43(38,39)40/h1-10H,(H,38,39,40). The molecule has 0 radical (unpaired) electrons. The summed E-state index contributed by atoms with van der Waals surface area (Å²) in [6.07, 6.45) is 0. The van der Waals surface area contributed by atoms with Crippen molar-refractivity contribution in [3.63, 3.8) is 0 Å². The minimum Gasteiger partial charge on any atom is -0.423 e. The van der Waals surface area contributed by atoms with Crippen molar-refractivity contribution in [3.05, 3.63) is 108 Å². The third kappa shape index (κ3) is 5.53. The van der Waals surface area contributed by atoms with E-state index in [1.54, 1.807) is 45.2 Å². The Morgan fingerprint density at radius 1 is 0.628 bits per heavy atom. The molecule has 5 rings (SSSR count). The number of rotatable bonds is 5. The average Bonchev–Trinajstić information content (AvgIpc) is 2.93. The van der Waals surface area contributed by atoms with Crippen molar-refractivity contribution in [2.75, 3.05) is 0 Å². The van der Waals surface area contributed by atoms with Gasteiger partial charge in [0.25, 0.3) is 10.1 Å². The first-order valence-electron chi connectivity index (χ1n) is 11.6. The molecule has 0 spiro atoms. The van der Waals surface area contributed by atoms with E-state index >= 15 is 0 Å². The van der Waals surface area contributed by atoms with Crippen molar-refractivity contribution < 1.29 is 54.0 Å². The van der Waals surface area contributed by atoms with Crippen molar-refractivity contribution in [3.8, 4) is 11.5 Å². The van der Waals surface area contributed by atoms with Crippen molar-refractivity contribution >= 4 is 88.8 Å². The third-order valence-electron chi connectivity index (χ3n) is 6.14. The summed E-state index contributed by atoms with van der Waals surface area (Å²) in [4.78, 5) is 26.1. The molecule has 0 heterocycles. The molecule has 0 amide bonds. The van der Waals surface area contributed by atoms with E-state index in [2.05, 4.69) is 0 Å². The van der Waals surface area contributed by atoms with Gasteiger partial charge in [-0.15, -0.1) is 0 Å². The summed E-state index contributed by atoms with van der Waals surface area (Å²) in [5, 5.41) is 0.364. The first-order valence-corrected chi connectivity index (χ1v) is 15.2. The molecule has 1 N–H and O–H groups in total. The summed E-state index contributed by atoms with van der Waals surface area (Å²) in [5.41, 5.74) is -1.85. The van der Waals surface area contributed by atoms with Gasteiger partial charge < -0.3 is 9.47 Å². The smallest absolute Gasteiger partial charge is 0.349 e. The highest BCUT2D eigenvalue weighted by molar-refractivity contribution is 14.1. The van der Waals surface area contributed by atoms with Crippen LogP contribution in [0.25, 0.3) is 21.5 Å². The van der Waals surface area contributed by atoms with E-state index in [4.69, 9.17) is 9.47 Å². The number of hydrogen-bond acceptors (Lipinski definition) is 6. The lowest BCUT2D eigenvalue weighted by atomic mass is 9.95. The molecule has 5 aromatic carbocycles. The molecule has 0 aliphatic carbocycles. The Morgan fingerprint density at radius 2 is 1.02 bits per heavy atom. The van der Waals surface area contributed by atoms with Crippen LogP contribution in [0.1, 0.15) is 20.7 Å². The molecule has 15 heteroatoms. The number of hydrogen-bond donors (Lipinski definition) is 1. The van der Waals surface area contributed by atoms with E-state index in [9.17, 15) is 44.5 Å². The lowest BCUT2D eigenvalue weighted by Crippen LogP contribution is -2.18. The Balaban J connectivity index is 1.66. The summed E-state index contributed by atoms with van der Waals surface area (Å²) >= 11 is 3.30. The van der Waals surface area contributed by atoms with Gasteiger partial charge >= 0.3 is 11.9 Å². The van der Waals surface area contributed by atoms with Crippen LogP contribution in [-0.2, 0) is 10.1 Å². The zero-order valence-electron chi connectivity index (χ0n) is 20.7. The minimum atomic E-state index is -4.57. The molecule has 0 atom stereocenters. The largest absolute Gasteiger partial charge is 0.423 e. The van der Waals surface area contributed by atoms with Gasteiger partial charge in [0, 0.05) is 28.7 Å². The Bertz CT molecular complexity index is 2030. The molecule has 43 heavy (non-hydrogen) atoms. The maximum absolute atomic E-state index is 14.4. The fourth-order valence-corrected chi connectivity index (χ4v) is 8.34. The topological polar surface area (TPSA) is 107 Å². The van der Waals surface area contributed by atoms with Crippen molar-refractivity contribution in [2.45, 2.75) is 4.90 Å².